The summed E-state index contributed by atoms with van der Waals surface area (Å²) in [5, 5.41) is 0.0104. The van der Waals surface area contributed by atoms with Crippen LogP contribution in [0.3, 0.4) is 0 Å². The molecule has 1 unspecified atom stereocenters. The number of methoxy groups -OCH3 is 3. The molecule has 0 saturated heterocycles. The van der Waals surface area contributed by atoms with E-state index in [9.17, 15) is 12.6 Å². The molecule has 3 aromatic rings. The van der Waals surface area contributed by atoms with Gasteiger partial charge >= 0.3 is 153 Å². The fraction of sp³-hybridized carbons (Fsp3) is 0.222. The molecule has 0 aliphatic rings. The van der Waals surface area contributed by atoms with E-state index in [0.29, 0.717) is 32.9 Å². The quantitative estimate of drug-likeness (QED) is 0.634. The Hall–Kier alpha value is -2.44. The number of aromatic amines is 1. The summed E-state index contributed by atoms with van der Waals surface area (Å²) in [6.07, 6.45) is 0. The molecule has 0 amide bonds. The van der Waals surface area contributed by atoms with Gasteiger partial charge in [-0.15, -0.1) is 0 Å². The van der Waals surface area contributed by atoms with Crippen LogP contribution in [-0.2, 0) is 3.83 Å². The van der Waals surface area contributed by atoms with Crippen molar-refractivity contribution < 1.29 is 26.8 Å². The molecule has 2 aromatic carbocycles. The standard InChI is InChI=1S/C18H17F2NO4Se/c1-9-18(15-12(21-9)6-5-11(19)16(15)20)26(22)10-7-13(23-2)17(25-4)14(8-10)24-3/h5-8,21H,1-4H3. The van der Waals surface area contributed by atoms with Crippen molar-refractivity contribution in [1.29, 1.82) is 0 Å². The Morgan fingerprint density at radius 1 is 1.00 bits per heavy atom. The summed E-state index contributed by atoms with van der Waals surface area (Å²) in [5.41, 5.74) is 0.923. The number of hydrogen-bond acceptors (Lipinski definition) is 4. The third-order valence-electron chi connectivity index (χ3n) is 4.02. The Morgan fingerprint density at radius 2 is 1.62 bits per heavy atom. The van der Waals surface area contributed by atoms with Crippen LogP contribution in [0.25, 0.3) is 10.9 Å². The van der Waals surface area contributed by atoms with Crippen molar-refractivity contribution in [3.63, 3.8) is 0 Å². The fourth-order valence-corrected chi connectivity index (χ4v) is 5.73. The van der Waals surface area contributed by atoms with E-state index in [1.165, 1.54) is 27.4 Å². The minimum absolute atomic E-state index is 0.0104. The number of aromatic nitrogens is 1. The third kappa shape index (κ3) is 2.85. The van der Waals surface area contributed by atoms with E-state index in [2.05, 4.69) is 4.98 Å². The monoisotopic (exact) mass is 429 g/mol. The summed E-state index contributed by atoms with van der Waals surface area (Å²) >= 11 is -2.96. The Morgan fingerprint density at radius 3 is 2.15 bits per heavy atom. The van der Waals surface area contributed by atoms with Gasteiger partial charge in [-0.25, -0.2) is 0 Å². The van der Waals surface area contributed by atoms with Gasteiger partial charge in [0.15, 0.2) is 0 Å². The minimum atomic E-state index is -2.96. The van der Waals surface area contributed by atoms with Crippen molar-refractivity contribution in [1.82, 2.24) is 4.98 Å². The van der Waals surface area contributed by atoms with Gasteiger partial charge in [0.2, 0.25) is 0 Å². The van der Waals surface area contributed by atoms with E-state index in [4.69, 9.17) is 14.2 Å². The van der Waals surface area contributed by atoms with Crippen LogP contribution in [0.4, 0.5) is 8.78 Å². The second-order valence-corrected chi connectivity index (χ2v) is 8.47. The van der Waals surface area contributed by atoms with Crippen LogP contribution in [0.1, 0.15) is 5.69 Å². The van der Waals surface area contributed by atoms with Crippen LogP contribution >= 0.6 is 0 Å². The Labute approximate surface area is 153 Å². The van der Waals surface area contributed by atoms with Gasteiger partial charge in [0.1, 0.15) is 0 Å². The topological polar surface area (TPSA) is 60.6 Å². The van der Waals surface area contributed by atoms with Crippen LogP contribution in [0.15, 0.2) is 24.3 Å². The van der Waals surface area contributed by atoms with E-state index in [0.717, 1.165) is 6.07 Å². The molecule has 138 valence electrons. The van der Waals surface area contributed by atoms with Crippen molar-refractivity contribution in [3.8, 4) is 17.2 Å². The van der Waals surface area contributed by atoms with Crippen LogP contribution in [-0.4, -0.2) is 40.1 Å². The summed E-state index contributed by atoms with van der Waals surface area (Å²) in [6.45, 7) is 1.68. The van der Waals surface area contributed by atoms with Gasteiger partial charge < -0.3 is 0 Å². The molecule has 0 saturated carbocycles. The number of rotatable bonds is 5. The molecule has 26 heavy (non-hydrogen) atoms. The van der Waals surface area contributed by atoms with Gasteiger partial charge in [0.05, 0.1) is 0 Å². The molecule has 0 bridgehead atoms. The molecule has 1 heterocycles. The first-order chi connectivity index (χ1) is 12.4. The third-order valence-corrected chi connectivity index (χ3v) is 7.26. The van der Waals surface area contributed by atoms with E-state index in [1.54, 1.807) is 19.1 Å². The number of ether oxygens (including phenoxy) is 3. The number of aryl methyl sites for hydroxylation is 1. The second-order valence-electron chi connectivity index (χ2n) is 5.49. The number of halogens is 2. The maximum atomic E-state index is 14.4. The molecule has 0 fully saturated rings. The SMILES string of the molecule is COc1cc([Se](=O)c2c(C)[nH]c3ccc(F)c(F)c23)cc(OC)c1OC. The zero-order chi connectivity index (χ0) is 19.0. The first kappa shape index (κ1) is 18.4. The van der Waals surface area contributed by atoms with Crippen molar-refractivity contribution in [2.75, 3.05) is 21.3 Å². The van der Waals surface area contributed by atoms with E-state index in [-0.39, 0.29) is 9.85 Å². The molecule has 0 radical (unpaired) electrons. The van der Waals surface area contributed by atoms with Gasteiger partial charge in [-0.1, -0.05) is 0 Å². The predicted molar refractivity (Wildman–Crippen MR) is 94.8 cm³/mol. The number of nitrogens with one attached hydrogen (secondary N) is 1. The first-order valence-corrected chi connectivity index (χ1v) is 10.0. The second kappa shape index (κ2) is 7.05. The van der Waals surface area contributed by atoms with E-state index < -0.39 is 25.5 Å². The van der Waals surface area contributed by atoms with Crippen LogP contribution < -0.4 is 23.1 Å². The number of hydrogen-bond donors (Lipinski definition) is 1. The van der Waals surface area contributed by atoms with Gasteiger partial charge in [-0.3, -0.25) is 0 Å². The van der Waals surface area contributed by atoms with Crippen molar-refractivity contribution in [2.45, 2.75) is 6.92 Å². The van der Waals surface area contributed by atoms with Crippen LogP contribution in [0.2, 0.25) is 0 Å². The summed E-state index contributed by atoms with van der Waals surface area (Å²) in [6, 6.07) is 5.60. The average molecular weight is 428 g/mol. The van der Waals surface area contributed by atoms with Crippen molar-refractivity contribution >= 4 is 33.7 Å². The first-order valence-electron chi connectivity index (χ1n) is 7.61. The summed E-state index contributed by atoms with van der Waals surface area (Å²) in [5.74, 6) is -0.947. The molecular formula is C18H17F2NO4Se. The predicted octanol–water partition coefficient (Wildman–Crippen LogP) is 2.32. The molecule has 5 nitrogen and oxygen atoms in total. The van der Waals surface area contributed by atoms with Crippen LogP contribution in [0, 0.1) is 18.6 Å². The molecule has 3 rings (SSSR count). The van der Waals surface area contributed by atoms with Crippen LogP contribution in [0.5, 0.6) is 17.2 Å². The molecule has 0 aliphatic carbocycles. The summed E-state index contributed by atoms with van der Waals surface area (Å²) in [7, 11) is 4.37. The Balaban J connectivity index is 2.24. The van der Waals surface area contributed by atoms with Gasteiger partial charge in [0, 0.05) is 0 Å². The zero-order valence-corrected chi connectivity index (χ0v) is 16.3. The van der Waals surface area contributed by atoms with Gasteiger partial charge in [-0.2, -0.15) is 0 Å². The van der Waals surface area contributed by atoms with Gasteiger partial charge in [0.25, 0.3) is 0 Å². The fourth-order valence-electron chi connectivity index (χ4n) is 2.84. The van der Waals surface area contributed by atoms with Gasteiger partial charge in [-0.05, 0) is 0 Å². The number of H-pyrrole nitrogens is 1. The Bertz CT molecular complexity index is 991. The molecular weight excluding hydrogens is 411 g/mol. The average Bonchev–Trinajstić information content (AvgIpc) is 2.99. The molecule has 8 heteroatoms. The Kier molecular flexibility index (Phi) is 4.98. The normalized spacial score (nSPS) is 12.2. The van der Waals surface area contributed by atoms with E-state index >= 15 is 0 Å². The summed E-state index contributed by atoms with van der Waals surface area (Å²) < 4.78 is 57.9. The van der Waals surface area contributed by atoms with E-state index in [1.807, 2.05) is 0 Å². The molecule has 1 atom stereocenters. The maximum absolute atomic E-state index is 14.4. The van der Waals surface area contributed by atoms with Crippen molar-refractivity contribution in [2.24, 2.45) is 0 Å². The summed E-state index contributed by atoms with van der Waals surface area (Å²) in [4.78, 5) is 2.96. The van der Waals surface area contributed by atoms with Crippen molar-refractivity contribution in [3.05, 3.63) is 41.6 Å². The number of benzene rings is 2. The molecule has 1 aromatic heterocycles. The molecule has 0 aliphatic heterocycles. The zero-order valence-electron chi connectivity index (χ0n) is 14.6. The number of fused-ring (bicyclic) bond motifs is 1. The molecule has 1 N–H and O–H groups in total. The molecule has 0 spiro atoms.